The van der Waals surface area contributed by atoms with Gasteiger partial charge in [-0.25, -0.2) is 0 Å². The first kappa shape index (κ1) is 19.9. The van der Waals surface area contributed by atoms with Gasteiger partial charge in [-0.05, 0) is 52.3 Å². The summed E-state index contributed by atoms with van der Waals surface area (Å²) in [7, 11) is 0. The number of ketones is 1. The third kappa shape index (κ3) is 3.36. The first-order chi connectivity index (χ1) is 16.0. The highest BCUT2D eigenvalue weighted by Crippen LogP contribution is 2.50. The summed E-state index contributed by atoms with van der Waals surface area (Å²) in [5.74, 6) is 0.148. The van der Waals surface area contributed by atoms with E-state index in [0.717, 1.165) is 45.4 Å². The van der Waals surface area contributed by atoms with E-state index in [-0.39, 0.29) is 17.1 Å². The molecule has 0 saturated carbocycles. The van der Waals surface area contributed by atoms with Crippen molar-refractivity contribution in [2.24, 2.45) is 5.41 Å². The molecule has 162 valence electrons. The molecule has 0 fully saturated rings. The SMILES string of the molecule is CC1(C)CC(=O)C2=C(C1)Nc1ccc3ncccc3c1[C@H]2c1ccc(-c2ccccc2)cc1. The van der Waals surface area contributed by atoms with Crippen LogP contribution in [0.15, 0.2) is 96.3 Å². The zero-order valence-electron chi connectivity index (χ0n) is 18.9. The Kier molecular flexibility index (Phi) is 4.48. The number of allylic oxidation sites excluding steroid dienone is 2. The van der Waals surface area contributed by atoms with Crippen LogP contribution in [0.25, 0.3) is 22.0 Å². The fraction of sp³-hybridized carbons (Fsp3) is 0.200. The minimum atomic E-state index is -0.0995. The van der Waals surface area contributed by atoms with Crippen LogP contribution in [0, 0.1) is 5.41 Å². The molecule has 3 aromatic carbocycles. The average Bonchev–Trinajstić information content (AvgIpc) is 2.82. The molecule has 0 spiro atoms. The van der Waals surface area contributed by atoms with Crippen LogP contribution in [-0.4, -0.2) is 10.8 Å². The molecule has 33 heavy (non-hydrogen) atoms. The molecule has 6 rings (SSSR count). The Morgan fingerprint density at radius 3 is 2.39 bits per heavy atom. The maximum atomic E-state index is 13.5. The minimum Gasteiger partial charge on any atom is -0.358 e. The summed E-state index contributed by atoms with van der Waals surface area (Å²) < 4.78 is 0. The van der Waals surface area contributed by atoms with Crippen LogP contribution < -0.4 is 5.32 Å². The van der Waals surface area contributed by atoms with E-state index in [2.05, 4.69) is 90.9 Å². The second-order valence-electron chi connectivity index (χ2n) is 9.98. The second kappa shape index (κ2) is 7.41. The van der Waals surface area contributed by atoms with E-state index in [4.69, 9.17) is 0 Å². The molecule has 1 aliphatic heterocycles. The molecule has 1 atom stereocenters. The average molecular weight is 431 g/mol. The Hall–Kier alpha value is -3.72. The number of nitrogens with one attached hydrogen (secondary N) is 1. The molecule has 0 unspecified atom stereocenters. The Morgan fingerprint density at radius 2 is 1.61 bits per heavy atom. The van der Waals surface area contributed by atoms with E-state index in [1.54, 1.807) is 0 Å². The van der Waals surface area contributed by atoms with E-state index in [1.807, 2.05) is 18.3 Å². The van der Waals surface area contributed by atoms with Gasteiger partial charge in [0.1, 0.15) is 0 Å². The van der Waals surface area contributed by atoms with Crippen LogP contribution >= 0.6 is 0 Å². The van der Waals surface area contributed by atoms with Gasteiger partial charge in [0, 0.05) is 40.9 Å². The summed E-state index contributed by atoms with van der Waals surface area (Å²) >= 11 is 0. The van der Waals surface area contributed by atoms with Crippen molar-refractivity contribution < 1.29 is 4.79 Å². The van der Waals surface area contributed by atoms with Crippen molar-refractivity contribution in [2.75, 3.05) is 5.32 Å². The van der Waals surface area contributed by atoms with Crippen LogP contribution in [0.4, 0.5) is 5.69 Å². The maximum Gasteiger partial charge on any atom is 0.162 e. The standard InChI is InChI=1S/C30H26N2O/c1-30(2)17-25-29(26(33)18-30)27(21-12-10-20(11-13-21)19-7-4-3-5-8-19)28-22-9-6-16-31-23(22)14-15-24(28)32-25/h3-16,27,32H,17-18H2,1-2H3/t27-/m1/s1. The molecule has 0 bridgehead atoms. The lowest BCUT2D eigenvalue weighted by Crippen LogP contribution is -2.33. The lowest BCUT2D eigenvalue weighted by atomic mass is 9.68. The van der Waals surface area contributed by atoms with E-state index < -0.39 is 0 Å². The third-order valence-electron chi connectivity index (χ3n) is 6.96. The number of fused-ring (bicyclic) bond motifs is 3. The molecule has 3 nitrogen and oxygen atoms in total. The van der Waals surface area contributed by atoms with Gasteiger partial charge in [-0.15, -0.1) is 0 Å². The van der Waals surface area contributed by atoms with Crippen molar-refractivity contribution in [3.8, 4) is 11.1 Å². The molecule has 2 heterocycles. The number of Topliss-reactive ketones (excluding diaryl/α,β-unsaturated/α-hetero) is 1. The lowest BCUT2D eigenvalue weighted by Gasteiger charge is -2.40. The van der Waals surface area contributed by atoms with E-state index in [0.29, 0.717) is 6.42 Å². The summed E-state index contributed by atoms with van der Waals surface area (Å²) in [4.78, 5) is 18.1. The zero-order valence-corrected chi connectivity index (χ0v) is 18.9. The lowest BCUT2D eigenvalue weighted by molar-refractivity contribution is -0.118. The quantitative estimate of drug-likeness (QED) is 0.369. The highest BCUT2D eigenvalue weighted by Gasteiger charge is 2.41. The number of nitrogens with zero attached hydrogens (tertiary/aromatic N) is 1. The first-order valence-corrected chi connectivity index (χ1v) is 11.6. The number of benzene rings is 3. The van der Waals surface area contributed by atoms with Crippen molar-refractivity contribution in [2.45, 2.75) is 32.6 Å². The number of pyridine rings is 1. The van der Waals surface area contributed by atoms with Gasteiger partial charge in [-0.3, -0.25) is 9.78 Å². The second-order valence-corrected chi connectivity index (χ2v) is 9.98. The van der Waals surface area contributed by atoms with E-state index >= 15 is 0 Å². The summed E-state index contributed by atoms with van der Waals surface area (Å²) in [6.07, 6.45) is 3.27. The van der Waals surface area contributed by atoms with Crippen molar-refractivity contribution >= 4 is 22.4 Å². The number of anilines is 1. The fourth-order valence-corrected chi connectivity index (χ4v) is 5.52. The van der Waals surface area contributed by atoms with Gasteiger partial charge in [0.15, 0.2) is 5.78 Å². The number of carbonyl (C=O) groups excluding carboxylic acids is 1. The predicted molar refractivity (Wildman–Crippen MR) is 134 cm³/mol. The summed E-state index contributed by atoms with van der Waals surface area (Å²) in [5.41, 5.74) is 8.66. The number of hydrogen-bond donors (Lipinski definition) is 1. The normalized spacial score (nSPS) is 19.1. The Morgan fingerprint density at radius 1 is 0.848 bits per heavy atom. The number of rotatable bonds is 2. The summed E-state index contributed by atoms with van der Waals surface area (Å²) in [5, 5.41) is 4.75. The monoisotopic (exact) mass is 430 g/mol. The van der Waals surface area contributed by atoms with Gasteiger partial charge in [0.05, 0.1) is 5.52 Å². The predicted octanol–water partition coefficient (Wildman–Crippen LogP) is 7.10. The number of hydrogen-bond acceptors (Lipinski definition) is 3. The number of carbonyl (C=O) groups is 1. The Bertz CT molecular complexity index is 1420. The van der Waals surface area contributed by atoms with Crippen molar-refractivity contribution in [3.05, 3.63) is 107 Å². The molecule has 3 heteroatoms. The van der Waals surface area contributed by atoms with Crippen LogP contribution in [0.1, 0.15) is 43.7 Å². The van der Waals surface area contributed by atoms with E-state index in [1.165, 1.54) is 11.1 Å². The molecular weight excluding hydrogens is 404 g/mol. The van der Waals surface area contributed by atoms with Crippen LogP contribution in [0.2, 0.25) is 0 Å². The Balaban J connectivity index is 1.56. The topological polar surface area (TPSA) is 42.0 Å². The summed E-state index contributed by atoms with van der Waals surface area (Å²) in [6.45, 7) is 4.36. The molecule has 0 radical (unpaired) electrons. The third-order valence-corrected chi connectivity index (χ3v) is 6.96. The van der Waals surface area contributed by atoms with Crippen molar-refractivity contribution in [1.29, 1.82) is 0 Å². The minimum absolute atomic E-state index is 0.0411. The smallest absolute Gasteiger partial charge is 0.162 e. The van der Waals surface area contributed by atoms with Gasteiger partial charge in [-0.1, -0.05) is 74.5 Å². The highest BCUT2D eigenvalue weighted by molar-refractivity contribution is 6.04. The first-order valence-electron chi connectivity index (χ1n) is 11.6. The van der Waals surface area contributed by atoms with E-state index in [9.17, 15) is 4.79 Å². The molecular formula is C30H26N2O. The zero-order chi connectivity index (χ0) is 22.6. The van der Waals surface area contributed by atoms with Gasteiger partial charge < -0.3 is 5.32 Å². The van der Waals surface area contributed by atoms with Gasteiger partial charge in [0.2, 0.25) is 0 Å². The fourth-order valence-electron chi connectivity index (χ4n) is 5.52. The van der Waals surface area contributed by atoms with Gasteiger partial charge >= 0.3 is 0 Å². The molecule has 4 aromatic rings. The number of aromatic nitrogens is 1. The molecule has 1 N–H and O–H groups in total. The summed E-state index contributed by atoms with van der Waals surface area (Å²) in [6, 6.07) is 27.4. The van der Waals surface area contributed by atoms with Crippen molar-refractivity contribution in [3.63, 3.8) is 0 Å². The largest absolute Gasteiger partial charge is 0.358 e. The molecule has 1 aromatic heterocycles. The molecule has 0 saturated heterocycles. The van der Waals surface area contributed by atoms with Crippen LogP contribution in [-0.2, 0) is 4.79 Å². The molecule has 0 amide bonds. The van der Waals surface area contributed by atoms with Crippen molar-refractivity contribution in [1.82, 2.24) is 4.98 Å². The Labute approximate surface area is 194 Å². The maximum absolute atomic E-state index is 13.5. The van der Waals surface area contributed by atoms with Gasteiger partial charge in [-0.2, -0.15) is 0 Å². The van der Waals surface area contributed by atoms with Crippen LogP contribution in [0.3, 0.4) is 0 Å². The van der Waals surface area contributed by atoms with Gasteiger partial charge in [0.25, 0.3) is 0 Å². The molecule has 2 aliphatic rings. The molecule has 1 aliphatic carbocycles. The highest BCUT2D eigenvalue weighted by atomic mass is 16.1. The van der Waals surface area contributed by atoms with Crippen LogP contribution in [0.5, 0.6) is 0 Å².